The number of likely N-dealkylation sites (N-methyl/N-ethyl adjacent to an activating group) is 1. The normalized spacial score (nSPS) is 28.9. The first kappa shape index (κ1) is 23.0. The van der Waals surface area contributed by atoms with Gasteiger partial charge in [-0.05, 0) is 56.2 Å². The molecule has 0 saturated carbocycles. The summed E-state index contributed by atoms with van der Waals surface area (Å²) in [7, 11) is -1.84. The second-order valence-corrected chi connectivity index (χ2v) is 11.9. The summed E-state index contributed by atoms with van der Waals surface area (Å²) in [6.45, 7) is 0.933. The van der Waals surface area contributed by atoms with E-state index in [1.807, 2.05) is 0 Å². The maximum atomic E-state index is 13.3. The molecule has 4 aliphatic heterocycles. The van der Waals surface area contributed by atoms with Crippen LogP contribution in [0.4, 0.5) is 5.69 Å². The average molecular weight is 496 g/mol. The lowest BCUT2D eigenvalue weighted by molar-refractivity contribution is -0.117. The van der Waals surface area contributed by atoms with Crippen molar-refractivity contribution < 1.29 is 18.0 Å². The highest BCUT2D eigenvalue weighted by Crippen LogP contribution is 2.39. The molecular formula is C22H30ClN5O4S. The molecule has 11 heteroatoms. The standard InChI is InChI=1S/C22H30ClN5O4S/c1-26-20-12-19(23)18(8-13(20)9-21(26)29)22(30)25-15-10-16-2-3-17(11-15)28(16)33(31,32)27-6-4-14(24)5-7-27/h8,12,14-17H,2-7,9-11,24H2,1H3,(H,25,30)/t15?,16-,17+. The number of fused-ring (bicyclic) bond motifs is 3. The number of piperidine rings is 2. The van der Waals surface area contributed by atoms with E-state index in [-0.39, 0.29) is 42.4 Å². The van der Waals surface area contributed by atoms with Crippen LogP contribution in [0.15, 0.2) is 12.1 Å². The summed E-state index contributed by atoms with van der Waals surface area (Å²) in [5, 5.41) is 3.38. The third kappa shape index (κ3) is 4.05. The number of amides is 2. The molecule has 180 valence electrons. The number of halogens is 1. The van der Waals surface area contributed by atoms with E-state index in [4.69, 9.17) is 17.3 Å². The summed E-state index contributed by atoms with van der Waals surface area (Å²) in [4.78, 5) is 26.6. The third-order valence-electron chi connectivity index (χ3n) is 7.58. The molecule has 0 radical (unpaired) electrons. The van der Waals surface area contributed by atoms with E-state index in [0.29, 0.717) is 49.4 Å². The van der Waals surface area contributed by atoms with Crippen LogP contribution in [0.2, 0.25) is 5.02 Å². The van der Waals surface area contributed by atoms with Crippen molar-refractivity contribution in [2.75, 3.05) is 25.0 Å². The van der Waals surface area contributed by atoms with Crippen LogP contribution < -0.4 is 16.0 Å². The lowest BCUT2D eigenvalue weighted by atomic mass is 9.99. The minimum absolute atomic E-state index is 0.0283. The third-order valence-corrected chi connectivity index (χ3v) is 10.0. The molecule has 2 amide bonds. The first-order valence-electron chi connectivity index (χ1n) is 11.6. The number of nitrogens with zero attached hydrogens (tertiary/aromatic N) is 3. The first-order chi connectivity index (χ1) is 15.6. The number of carbonyl (C=O) groups excluding carboxylic acids is 2. The highest BCUT2D eigenvalue weighted by molar-refractivity contribution is 7.86. The smallest absolute Gasteiger partial charge is 0.282 e. The molecule has 4 aliphatic rings. The zero-order chi connectivity index (χ0) is 23.5. The number of anilines is 1. The Morgan fingerprint density at radius 2 is 1.76 bits per heavy atom. The molecular weight excluding hydrogens is 466 g/mol. The van der Waals surface area contributed by atoms with E-state index < -0.39 is 10.2 Å². The first-order valence-corrected chi connectivity index (χ1v) is 13.4. The zero-order valence-corrected chi connectivity index (χ0v) is 20.2. The van der Waals surface area contributed by atoms with Crippen LogP contribution in [0.5, 0.6) is 0 Å². The van der Waals surface area contributed by atoms with Crippen LogP contribution in [0.1, 0.15) is 54.4 Å². The van der Waals surface area contributed by atoms with Gasteiger partial charge in [0, 0.05) is 50.0 Å². The number of carbonyl (C=O) groups is 2. The minimum Gasteiger partial charge on any atom is -0.349 e. The molecule has 0 spiro atoms. The molecule has 1 aromatic carbocycles. The van der Waals surface area contributed by atoms with Gasteiger partial charge >= 0.3 is 0 Å². The van der Waals surface area contributed by atoms with E-state index >= 15 is 0 Å². The lowest BCUT2D eigenvalue weighted by Gasteiger charge is -2.41. The average Bonchev–Trinajstić information content (AvgIpc) is 3.21. The molecule has 3 fully saturated rings. The van der Waals surface area contributed by atoms with E-state index in [2.05, 4.69) is 5.32 Å². The molecule has 3 N–H and O–H groups in total. The number of nitrogens with two attached hydrogens (primary N) is 1. The molecule has 3 atom stereocenters. The van der Waals surface area contributed by atoms with E-state index in [1.54, 1.807) is 32.7 Å². The van der Waals surface area contributed by atoms with Crippen molar-refractivity contribution in [1.29, 1.82) is 0 Å². The van der Waals surface area contributed by atoms with Crippen molar-refractivity contribution >= 4 is 39.3 Å². The Balaban J connectivity index is 1.27. The van der Waals surface area contributed by atoms with Crippen LogP contribution in [0.25, 0.3) is 0 Å². The molecule has 4 heterocycles. The van der Waals surface area contributed by atoms with E-state index in [1.165, 1.54) is 0 Å². The van der Waals surface area contributed by atoms with Gasteiger partial charge in [0.1, 0.15) is 0 Å². The predicted octanol–water partition coefficient (Wildman–Crippen LogP) is 1.25. The molecule has 33 heavy (non-hydrogen) atoms. The van der Waals surface area contributed by atoms with Gasteiger partial charge in [-0.1, -0.05) is 11.6 Å². The number of hydrogen-bond donors (Lipinski definition) is 2. The summed E-state index contributed by atoms with van der Waals surface area (Å²) in [5.74, 6) is -0.310. The fourth-order valence-corrected chi connectivity index (χ4v) is 8.10. The van der Waals surface area contributed by atoms with Gasteiger partial charge in [-0.25, -0.2) is 0 Å². The Hall–Kier alpha value is -1.72. The lowest BCUT2D eigenvalue weighted by Crippen LogP contribution is -2.57. The number of hydrogen-bond acceptors (Lipinski definition) is 5. The summed E-state index contributed by atoms with van der Waals surface area (Å²) < 4.78 is 29.9. The second-order valence-electron chi connectivity index (χ2n) is 9.69. The van der Waals surface area contributed by atoms with Gasteiger partial charge in [-0.2, -0.15) is 17.0 Å². The molecule has 0 aliphatic carbocycles. The number of nitrogens with one attached hydrogen (secondary N) is 1. The molecule has 0 aromatic heterocycles. The van der Waals surface area contributed by atoms with Crippen molar-refractivity contribution in [3.63, 3.8) is 0 Å². The van der Waals surface area contributed by atoms with Gasteiger partial charge in [-0.15, -0.1) is 0 Å². The Labute approximate surface area is 199 Å². The number of benzene rings is 1. The predicted molar refractivity (Wildman–Crippen MR) is 125 cm³/mol. The molecule has 1 aromatic rings. The monoisotopic (exact) mass is 495 g/mol. The highest BCUT2D eigenvalue weighted by Gasteiger charge is 2.49. The van der Waals surface area contributed by atoms with Crippen LogP contribution >= 0.6 is 11.6 Å². The summed E-state index contributed by atoms with van der Waals surface area (Å²) in [6.07, 6.45) is 4.39. The van der Waals surface area contributed by atoms with Crippen LogP contribution in [-0.4, -0.2) is 73.1 Å². The Bertz CT molecular complexity index is 1070. The maximum Gasteiger partial charge on any atom is 0.282 e. The molecule has 5 rings (SSSR count). The zero-order valence-electron chi connectivity index (χ0n) is 18.7. The van der Waals surface area contributed by atoms with E-state index in [9.17, 15) is 18.0 Å². The molecule has 9 nitrogen and oxygen atoms in total. The largest absolute Gasteiger partial charge is 0.349 e. The number of rotatable bonds is 4. The van der Waals surface area contributed by atoms with Crippen molar-refractivity contribution in [2.45, 2.75) is 69.1 Å². The van der Waals surface area contributed by atoms with Gasteiger partial charge in [0.2, 0.25) is 5.91 Å². The highest BCUT2D eigenvalue weighted by atomic mass is 35.5. The van der Waals surface area contributed by atoms with Gasteiger partial charge in [0.15, 0.2) is 0 Å². The Kier molecular flexibility index (Phi) is 5.93. The summed E-state index contributed by atoms with van der Waals surface area (Å²) in [6, 6.07) is 3.08. The minimum atomic E-state index is -3.53. The van der Waals surface area contributed by atoms with Crippen LogP contribution in [-0.2, 0) is 21.4 Å². The van der Waals surface area contributed by atoms with Crippen molar-refractivity contribution in [3.05, 3.63) is 28.3 Å². The fourth-order valence-electron chi connectivity index (χ4n) is 5.78. The Morgan fingerprint density at radius 1 is 1.12 bits per heavy atom. The molecule has 2 bridgehead atoms. The molecule has 3 saturated heterocycles. The summed E-state index contributed by atoms with van der Waals surface area (Å²) in [5.41, 5.74) is 7.83. The van der Waals surface area contributed by atoms with Gasteiger partial charge in [0.25, 0.3) is 16.1 Å². The quantitative estimate of drug-likeness (QED) is 0.652. The topological polar surface area (TPSA) is 116 Å². The van der Waals surface area contributed by atoms with Crippen molar-refractivity contribution in [3.8, 4) is 0 Å². The second kappa shape index (κ2) is 8.49. The van der Waals surface area contributed by atoms with Gasteiger partial charge in [-0.3, -0.25) is 9.59 Å². The van der Waals surface area contributed by atoms with Gasteiger partial charge in [0.05, 0.1) is 17.0 Å². The van der Waals surface area contributed by atoms with Crippen LogP contribution in [0, 0.1) is 0 Å². The molecule has 1 unspecified atom stereocenters. The fraction of sp³-hybridized carbons (Fsp3) is 0.636. The van der Waals surface area contributed by atoms with Crippen LogP contribution in [0.3, 0.4) is 0 Å². The Morgan fingerprint density at radius 3 is 2.39 bits per heavy atom. The maximum absolute atomic E-state index is 13.3. The van der Waals surface area contributed by atoms with Crippen molar-refractivity contribution in [1.82, 2.24) is 13.9 Å². The van der Waals surface area contributed by atoms with E-state index in [0.717, 1.165) is 24.1 Å². The SMILES string of the molecule is CN1C(=O)Cc2cc(C(=O)NC3C[C@H]4CC[C@@H](C3)N4S(=O)(=O)N3CCC(N)CC3)c(Cl)cc21. The van der Waals surface area contributed by atoms with Gasteiger partial charge < -0.3 is 16.0 Å². The van der Waals surface area contributed by atoms with Crippen molar-refractivity contribution in [2.24, 2.45) is 5.73 Å². The summed E-state index contributed by atoms with van der Waals surface area (Å²) >= 11 is 6.38.